The topological polar surface area (TPSA) is 169 Å². The molecule has 1 aliphatic rings. The summed E-state index contributed by atoms with van der Waals surface area (Å²) in [4.78, 5) is 13.2. The largest absolute Gasteiger partial charge is 0.394 e. The second-order valence-corrected chi connectivity index (χ2v) is 23.4. The van der Waals surface area contributed by atoms with Crippen LogP contribution in [0.4, 0.5) is 0 Å². The zero-order valence-corrected chi connectivity index (χ0v) is 49.9. The molecule has 8 unspecified atom stereocenters. The average Bonchev–Trinajstić information content (AvgIpc) is 3.42. The summed E-state index contributed by atoms with van der Waals surface area (Å²) in [5.41, 5.74) is 0. The van der Waals surface area contributed by atoms with Crippen LogP contribution in [0.3, 0.4) is 0 Å². The van der Waals surface area contributed by atoms with Gasteiger partial charge in [-0.05, 0) is 44.9 Å². The fourth-order valence-corrected chi connectivity index (χ4v) is 10.8. The predicted octanol–water partition coefficient (Wildman–Crippen LogP) is 16.3. The minimum absolute atomic E-state index is 0.252. The number of carbonyl (C=O) groups excluding carboxylic acids is 1. The highest BCUT2D eigenvalue weighted by atomic mass is 16.7. The van der Waals surface area contributed by atoms with Crippen LogP contribution in [-0.4, -0.2) is 98.7 Å². The van der Waals surface area contributed by atoms with Gasteiger partial charge in [0.15, 0.2) is 6.29 Å². The van der Waals surface area contributed by atoms with E-state index in [9.17, 15) is 35.4 Å². The van der Waals surface area contributed by atoms with Crippen LogP contribution in [0.1, 0.15) is 328 Å². The summed E-state index contributed by atoms with van der Waals surface area (Å²) in [6.07, 6.45) is 61.3. The first-order valence-electron chi connectivity index (χ1n) is 33.1. The number of rotatable bonds is 58. The molecule has 1 amide bonds. The minimum Gasteiger partial charge on any atom is -0.394 e. The van der Waals surface area contributed by atoms with Crippen LogP contribution in [0.2, 0.25) is 0 Å². The molecule has 0 aromatic rings. The van der Waals surface area contributed by atoms with Crippen molar-refractivity contribution in [3.8, 4) is 0 Å². The third kappa shape index (κ3) is 43.4. The molecule has 450 valence electrons. The molecular weight excluding hydrogens is 951 g/mol. The molecule has 10 nitrogen and oxygen atoms in total. The molecule has 0 radical (unpaired) electrons. The van der Waals surface area contributed by atoms with Crippen LogP contribution in [0.5, 0.6) is 0 Å². The van der Waals surface area contributed by atoms with E-state index in [1.807, 2.05) is 0 Å². The number of aliphatic hydroxyl groups is 6. The van der Waals surface area contributed by atoms with Crippen molar-refractivity contribution < 1.29 is 44.9 Å². The van der Waals surface area contributed by atoms with E-state index in [1.54, 1.807) is 0 Å². The first-order valence-corrected chi connectivity index (χ1v) is 33.1. The summed E-state index contributed by atoms with van der Waals surface area (Å²) < 4.78 is 11.3. The summed E-state index contributed by atoms with van der Waals surface area (Å²) in [5.74, 6) is -0.579. The SMILES string of the molecule is CCCCCCCCCCCCCCC/C=C\C/C=C\CCCCCCCCCCCCCCCCCCC(O)C(=O)NC(COC1OC(CO)C(O)C(O)C1O)C(O)CCCCCCCCCCCCCCCCC. The standard InChI is InChI=1S/C66H127NO9/c1-3-5-7-9-11-13-15-17-19-20-21-22-23-24-25-26-27-28-29-30-31-32-33-34-35-36-37-38-39-41-43-45-47-49-51-53-55-60(70)65(74)67-58(57-75-66-64(73)63(72)62(71)61(56-68)76-66)59(69)54-52-50-48-46-44-42-40-18-16-14-12-10-8-6-4-2/h25-26,28-29,58-64,66,68-73H,3-24,27,30-57H2,1-2H3,(H,67,74)/b26-25-,29-28-. The van der Waals surface area contributed by atoms with E-state index >= 15 is 0 Å². The van der Waals surface area contributed by atoms with Gasteiger partial charge in [0.1, 0.15) is 30.5 Å². The number of hydrogen-bond donors (Lipinski definition) is 7. The average molecular weight is 1080 g/mol. The molecule has 0 spiro atoms. The minimum atomic E-state index is -1.60. The Hall–Kier alpha value is -1.37. The van der Waals surface area contributed by atoms with Gasteiger partial charge in [0.2, 0.25) is 5.91 Å². The molecule has 7 N–H and O–H groups in total. The first kappa shape index (κ1) is 72.6. The lowest BCUT2D eigenvalue weighted by Crippen LogP contribution is -2.60. The molecule has 1 saturated heterocycles. The van der Waals surface area contributed by atoms with E-state index in [2.05, 4.69) is 43.5 Å². The van der Waals surface area contributed by atoms with Crippen molar-refractivity contribution >= 4 is 5.91 Å². The Kier molecular flexibility index (Phi) is 53.1. The number of unbranched alkanes of at least 4 members (excludes halogenated alkanes) is 43. The van der Waals surface area contributed by atoms with Gasteiger partial charge in [-0.25, -0.2) is 0 Å². The normalized spacial score (nSPS) is 19.3. The lowest BCUT2D eigenvalue weighted by atomic mass is 9.99. The highest BCUT2D eigenvalue weighted by Gasteiger charge is 2.44. The molecule has 0 aromatic carbocycles. The quantitative estimate of drug-likeness (QED) is 0.0232. The maximum Gasteiger partial charge on any atom is 0.249 e. The van der Waals surface area contributed by atoms with Gasteiger partial charge in [-0.1, -0.05) is 308 Å². The summed E-state index contributed by atoms with van der Waals surface area (Å²) >= 11 is 0. The van der Waals surface area contributed by atoms with E-state index in [1.165, 1.54) is 244 Å². The molecular formula is C66H127NO9. The van der Waals surface area contributed by atoms with Gasteiger partial charge in [-0.3, -0.25) is 4.79 Å². The smallest absolute Gasteiger partial charge is 0.249 e. The zero-order chi connectivity index (χ0) is 55.2. The van der Waals surface area contributed by atoms with Gasteiger partial charge in [0.25, 0.3) is 0 Å². The molecule has 0 bridgehead atoms. The Morgan fingerprint density at radius 1 is 0.447 bits per heavy atom. The van der Waals surface area contributed by atoms with Crippen molar-refractivity contribution in [2.45, 2.75) is 377 Å². The number of allylic oxidation sites excluding steroid dienone is 4. The Morgan fingerprint density at radius 3 is 1.13 bits per heavy atom. The molecule has 0 aromatic heterocycles. The number of nitrogens with one attached hydrogen (secondary N) is 1. The molecule has 1 aliphatic heterocycles. The van der Waals surface area contributed by atoms with E-state index in [4.69, 9.17) is 9.47 Å². The molecule has 10 heteroatoms. The van der Waals surface area contributed by atoms with Crippen LogP contribution in [0, 0.1) is 0 Å². The van der Waals surface area contributed by atoms with Crippen LogP contribution < -0.4 is 5.32 Å². The van der Waals surface area contributed by atoms with Crippen molar-refractivity contribution in [2.24, 2.45) is 0 Å². The molecule has 0 aliphatic carbocycles. The van der Waals surface area contributed by atoms with E-state index in [-0.39, 0.29) is 6.61 Å². The lowest BCUT2D eigenvalue weighted by Gasteiger charge is -2.40. The summed E-state index contributed by atoms with van der Waals surface area (Å²) in [6.45, 7) is 3.71. The van der Waals surface area contributed by atoms with E-state index in [0.29, 0.717) is 12.8 Å². The second-order valence-electron chi connectivity index (χ2n) is 23.4. The van der Waals surface area contributed by atoms with Crippen LogP contribution >= 0.6 is 0 Å². The molecule has 8 atom stereocenters. The second kappa shape index (κ2) is 55.5. The first-order chi connectivity index (χ1) is 37.3. The van der Waals surface area contributed by atoms with Crippen molar-refractivity contribution in [1.82, 2.24) is 5.32 Å². The van der Waals surface area contributed by atoms with Gasteiger partial charge in [0, 0.05) is 0 Å². The van der Waals surface area contributed by atoms with Crippen molar-refractivity contribution in [3.63, 3.8) is 0 Å². The fourth-order valence-electron chi connectivity index (χ4n) is 10.8. The Labute approximate surface area is 469 Å². The Morgan fingerprint density at radius 2 is 0.776 bits per heavy atom. The third-order valence-electron chi connectivity index (χ3n) is 16.2. The Bertz CT molecular complexity index is 1270. The molecule has 1 rings (SSSR count). The Balaban J connectivity index is 2.10. The molecule has 0 saturated carbocycles. The van der Waals surface area contributed by atoms with Crippen LogP contribution in [-0.2, 0) is 14.3 Å². The fraction of sp³-hybridized carbons (Fsp3) is 0.924. The highest BCUT2D eigenvalue weighted by molar-refractivity contribution is 5.80. The van der Waals surface area contributed by atoms with Crippen LogP contribution in [0.15, 0.2) is 24.3 Å². The van der Waals surface area contributed by atoms with Crippen molar-refractivity contribution in [3.05, 3.63) is 24.3 Å². The van der Waals surface area contributed by atoms with Crippen LogP contribution in [0.25, 0.3) is 0 Å². The number of aliphatic hydroxyl groups excluding tert-OH is 6. The maximum atomic E-state index is 13.2. The van der Waals surface area contributed by atoms with Gasteiger partial charge >= 0.3 is 0 Å². The van der Waals surface area contributed by atoms with Crippen molar-refractivity contribution in [1.29, 1.82) is 0 Å². The van der Waals surface area contributed by atoms with Gasteiger partial charge < -0.3 is 45.4 Å². The predicted molar refractivity (Wildman–Crippen MR) is 320 cm³/mol. The lowest BCUT2D eigenvalue weighted by molar-refractivity contribution is -0.302. The monoisotopic (exact) mass is 1080 g/mol. The number of carbonyl (C=O) groups is 1. The zero-order valence-electron chi connectivity index (χ0n) is 49.9. The van der Waals surface area contributed by atoms with Crippen molar-refractivity contribution in [2.75, 3.05) is 13.2 Å². The van der Waals surface area contributed by atoms with Gasteiger partial charge in [-0.15, -0.1) is 0 Å². The third-order valence-corrected chi connectivity index (χ3v) is 16.2. The van der Waals surface area contributed by atoms with E-state index < -0.39 is 61.5 Å². The maximum absolute atomic E-state index is 13.2. The molecule has 1 fully saturated rings. The molecule has 1 heterocycles. The van der Waals surface area contributed by atoms with E-state index in [0.717, 1.165) is 57.8 Å². The summed E-state index contributed by atoms with van der Waals surface area (Å²) in [7, 11) is 0. The summed E-state index contributed by atoms with van der Waals surface area (Å²) in [5, 5.41) is 65.3. The number of amides is 1. The number of ether oxygens (including phenoxy) is 2. The highest BCUT2D eigenvalue weighted by Crippen LogP contribution is 2.24. The number of hydrogen-bond acceptors (Lipinski definition) is 9. The van der Waals surface area contributed by atoms with Gasteiger partial charge in [0.05, 0.1) is 25.4 Å². The van der Waals surface area contributed by atoms with Gasteiger partial charge in [-0.2, -0.15) is 0 Å². The molecule has 76 heavy (non-hydrogen) atoms. The summed E-state index contributed by atoms with van der Waals surface area (Å²) in [6, 6.07) is -0.893.